The van der Waals surface area contributed by atoms with Crippen molar-refractivity contribution in [2.75, 3.05) is 13.2 Å². The molecule has 0 heterocycles. The highest BCUT2D eigenvalue weighted by atomic mass is 16.6. The Kier molecular flexibility index (Phi) is 4.28. The number of rotatable bonds is 5. The first kappa shape index (κ1) is 11.2. The number of benzene rings is 1. The van der Waals surface area contributed by atoms with E-state index in [0.29, 0.717) is 18.0 Å². The lowest BCUT2D eigenvalue weighted by molar-refractivity contribution is -0.379. The molecule has 0 bridgehead atoms. The molecular formula is C10H12NO4+. The number of nitroso groups, excluding NO2 is 1. The van der Waals surface area contributed by atoms with E-state index in [1.807, 2.05) is 0 Å². The molecule has 1 rings (SSSR count). The summed E-state index contributed by atoms with van der Waals surface area (Å²) in [5.41, 5.74) is 0.443. The summed E-state index contributed by atoms with van der Waals surface area (Å²) in [6.07, 6.45) is 0. The van der Waals surface area contributed by atoms with Crippen molar-refractivity contribution < 1.29 is 19.4 Å². The maximum atomic E-state index is 10.9. The van der Waals surface area contributed by atoms with Crippen molar-refractivity contribution in [1.82, 2.24) is 0 Å². The van der Waals surface area contributed by atoms with Crippen LogP contribution in [0.2, 0.25) is 0 Å². The molecule has 1 aromatic carbocycles. The van der Waals surface area contributed by atoms with Crippen LogP contribution in [-0.2, 0) is 9.53 Å². The van der Waals surface area contributed by atoms with E-state index in [2.05, 4.69) is 4.74 Å². The first-order chi connectivity index (χ1) is 7.26. The van der Waals surface area contributed by atoms with Crippen LogP contribution in [0.1, 0.15) is 6.92 Å². The maximum Gasteiger partial charge on any atom is 0.344 e. The molecule has 0 aliphatic rings. The van der Waals surface area contributed by atoms with Gasteiger partial charge in [0.05, 0.1) is 6.61 Å². The van der Waals surface area contributed by atoms with Gasteiger partial charge in [-0.05, 0) is 19.1 Å². The fourth-order valence-electron chi connectivity index (χ4n) is 0.964. The summed E-state index contributed by atoms with van der Waals surface area (Å²) in [6.45, 7) is 1.94. The fraction of sp³-hybridized carbons (Fsp3) is 0.300. The third-order valence-electron chi connectivity index (χ3n) is 1.63. The van der Waals surface area contributed by atoms with Crippen molar-refractivity contribution in [2.24, 2.45) is 0 Å². The van der Waals surface area contributed by atoms with Gasteiger partial charge in [0, 0.05) is 22.2 Å². The molecule has 0 amide bonds. The highest BCUT2D eigenvalue weighted by molar-refractivity contribution is 5.71. The van der Waals surface area contributed by atoms with Gasteiger partial charge in [0.25, 0.3) is 5.69 Å². The monoisotopic (exact) mass is 210 g/mol. The predicted molar refractivity (Wildman–Crippen MR) is 52.6 cm³/mol. The third-order valence-corrected chi connectivity index (χ3v) is 1.63. The van der Waals surface area contributed by atoms with Gasteiger partial charge >= 0.3 is 5.97 Å². The zero-order valence-corrected chi connectivity index (χ0v) is 8.36. The average Bonchev–Trinajstić information content (AvgIpc) is 2.27. The molecule has 0 aliphatic carbocycles. The minimum absolute atomic E-state index is 0.127. The van der Waals surface area contributed by atoms with Gasteiger partial charge in [-0.1, -0.05) is 0 Å². The second kappa shape index (κ2) is 5.74. The van der Waals surface area contributed by atoms with E-state index in [1.54, 1.807) is 36.4 Å². The van der Waals surface area contributed by atoms with E-state index in [4.69, 9.17) is 4.74 Å². The molecule has 0 fully saturated rings. The van der Waals surface area contributed by atoms with E-state index < -0.39 is 5.97 Å². The van der Waals surface area contributed by atoms with Crippen molar-refractivity contribution in [3.63, 3.8) is 0 Å². The van der Waals surface area contributed by atoms with Crippen LogP contribution in [0.4, 0.5) is 5.69 Å². The van der Waals surface area contributed by atoms with E-state index >= 15 is 0 Å². The molecular weight excluding hydrogens is 198 g/mol. The Hall–Kier alpha value is -1.91. The normalized spacial score (nSPS) is 9.40. The minimum Gasteiger partial charge on any atom is -0.482 e. The minimum atomic E-state index is -0.413. The standard InChI is InChI=1S/C10H11NO4/c1-2-14-10(12)7-15-9-5-3-8(11-13)4-6-9/h3-6H,2,7H2,1H3/p+1. The number of hydrogen-bond acceptors (Lipinski definition) is 4. The molecule has 0 atom stereocenters. The van der Waals surface area contributed by atoms with E-state index in [1.165, 1.54) is 0 Å². The van der Waals surface area contributed by atoms with Gasteiger partial charge in [0.1, 0.15) is 5.75 Å². The second-order valence-corrected chi connectivity index (χ2v) is 2.72. The van der Waals surface area contributed by atoms with Crippen LogP contribution in [0.25, 0.3) is 0 Å². The molecule has 0 saturated carbocycles. The van der Waals surface area contributed by atoms with Crippen LogP contribution < -0.4 is 9.91 Å². The number of ether oxygens (including phenoxy) is 2. The number of nitrogens with one attached hydrogen (secondary N) is 1. The summed E-state index contributed by atoms with van der Waals surface area (Å²) >= 11 is 0. The van der Waals surface area contributed by atoms with Gasteiger partial charge in [0.15, 0.2) is 6.61 Å². The molecule has 0 aromatic heterocycles. The molecule has 1 N–H and O–H groups in total. The van der Waals surface area contributed by atoms with Crippen molar-refractivity contribution in [1.29, 1.82) is 0 Å². The molecule has 0 spiro atoms. The van der Waals surface area contributed by atoms with E-state index in [0.717, 1.165) is 0 Å². The van der Waals surface area contributed by atoms with Crippen molar-refractivity contribution in [2.45, 2.75) is 6.92 Å². The summed E-state index contributed by atoms with van der Waals surface area (Å²) in [5.74, 6) is 0.102. The van der Waals surface area contributed by atoms with Gasteiger partial charge in [-0.15, -0.1) is 0 Å². The molecule has 0 unspecified atom stereocenters. The summed E-state index contributed by atoms with van der Waals surface area (Å²) in [4.78, 5) is 21.2. The lowest BCUT2D eigenvalue weighted by atomic mass is 10.3. The summed E-state index contributed by atoms with van der Waals surface area (Å²) < 4.78 is 9.80. The van der Waals surface area contributed by atoms with Crippen molar-refractivity contribution in [3.8, 4) is 5.75 Å². The van der Waals surface area contributed by atoms with Crippen molar-refractivity contribution >= 4 is 11.7 Å². The number of carbonyl (C=O) groups excluding carboxylic acids is 1. The second-order valence-electron chi connectivity index (χ2n) is 2.72. The average molecular weight is 210 g/mol. The zero-order chi connectivity index (χ0) is 11.1. The maximum absolute atomic E-state index is 10.9. The Bertz CT molecular complexity index is 334. The Morgan fingerprint density at radius 1 is 1.33 bits per heavy atom. The van der Waals surface area contributed by atoms with E-state index in [-0.39, 0.29) is 6.61 Å². The van der Waals surface area contributed by atoms with Crippen LogP contribution in [0.3, 0.4) is 0 Å². The molecule has 0 saturated heterocycles. The Labute approximate surface area is 87.0 Å². The largest absolute Gasteiger partial charge is 0.482 e. The lowest BCUT2D eigenvalue weighted by Gasteiger charge is -2.04. The summed E-state index contributed by atoms with van der Waals surface area (Å²) in [5, 5.41) is 1.74. The van der Waals surface area contributed by atoms with Crippen LogP contribution in [0.5, 0.6) is 5.75 Å². The Balaban J connectivity index is 2.44. The molecule has 80 valence electrons. The van der Waals surface area contributed by atoms with Gasteiger partial charge < -0.3 is 9.47 Å². The molecule has 15 heavy (non-hydrogen) atoms. The topological polar surface area (TPSA) is 66.6 Å². The highest BCUT2D eigenvalue weighted by Gasteiger charge is 2.03. The molecule has 5 heteroatoms. The van der Waals surface area contributed by atoms with Crippen LogP contribution in [0, 0.1) is 4.91 Å². The lowest BCUT2D eigenvalue weighted by Crippen LogP contribution is -2.55. The third kappa shape index (κ3) is 3.76. The van der Waals surface area contributed by atoms with Crippen molar-refractivity contribution in [3.05, 3.63) is 29.2 Å². The van der Waals surface area contributed by atoms with Gasteiger partial charge in [-0.2, -0.15) is 0 Å². The first-order valence-electron chi connectivity index (χ1n) is 4.53. The highest BCUT2D eigenvalue weighted by Crippen LogP contribution is 2.11. The van der Waals surface area contributed by atoms with E-state index in [9.17, 15) is 9.70 Å². The molecule has 1 aromatic rings. The summed E-state index contributed by atoms with van der Waals surface area (Å²) in [7, 11) is 0. The SMILES string of the molecule is CCOC(=O)COc1ccc([NH+]=O)cc1. The number of esters is 1. The van der Waals surface area contributed by atoms with Crippen LogP contribution in [-0.4, -0.2) is 19.2 Å². The first-order valence-corrected chi connectivity index (χ1v) is 4.53. The van der Waals surface area contributed by atoms with Crippen LogP contribution >= 0.6 is 0 Å². The Morgan fingerprint density at radius 3 is 2.53 bits per heavy atom. The fourth-order valence-corrected chi connectivity index (χ4v) is 0.964. The number of carbonyl (C=O) groups is 1. The van der Waals surface area contributed by atoms with Gasteiger partial charge in [0.2, 0.25) is 0 Å². The smallest absolute Gasteiger partial charge is 0.344 e. The zero-order valence-electron chi connectivity index (χ0n) is 8.36. The van der Waals surface area contributed by atoms with Gasteiger partial charge in [-0.25, -0.2) is 4.79 Å². The summed E-state index contributed by atoms with van der Waals surface area (Å²) in [6, 6.07) is 6.32. The molecule has 0 aliphatic heterocycles. The Morgan fingerprint density at radius 2 is 2.00 bits per heavy atom. The van der Waals surface area contributed by atoms with Crippen LogP contribution in [0.15, 0.2) is 24.3 Å². The quantitative estimate of drug-likeness (QED) is 0.700. The number of hydrogen-bond donors (Lipinski definition) is 1. The van der Waals surface area contributed by atoms with Gasteiger partial charge in [-0.3, -0.25) is 0 Å². The predicted octanol–water partition coefficient (Wildman–Crippen LogP) is 0.107. The molecule has 0 radical (unpaired) electrons. The molecule has 5 nitrogen and oxygen atoms in total.